The van der Waals surface area contributed by atoms with Gasteiger partial charge in [0.2, 0.25) is 0 Å². The van der Waals surface area contributed by atoms with E-state index < -0.39 is 0 Å². The van der Waals surface area contributed by atoms with E-state index in [-0.39, 0.29) is 11.3 Å². The molecule has 0 bridgehead atoms. The summed E-state index contributed by atoms with van der Waals surface area (Å²) in [6, 6.07) is 8.33. The Morgan fingerprint density at radius 1 is 1.20 bits per heavy atom. The normalized spacial score (nSPS) is 16.6. The molecule has 2 aromatic rings. The molecule has 6 heteroatoms. The van der Waals surface area contributed by atoms with Crippen LogP contribution in [0.5, 0.6) is 0 Å². The van der Waals surface area contributed by atoms with Gasteiger partial charge in [0.15, 0.2) is 0 Å². The molecule has 2 heterocycles. The smallest absolute Gasteiger partial charge is 0.256 e. The number of rotatable bonds is 4. The monoisotopic (exact) mass is 469 g/mol. The first-order valence-corrected chi connectivity index (χ1v) is 9.89. The van der Waals surface area contributed by atoms with Crippen molar-refractivity contribution in [3.05, 3.63) is 55.9 Å². The number of ether oxygens (including phenoxy) is 1. The Bertz CT molecular complexity index is 779. The average Bonchev–Trinajstić information content (AvgIpc) is 2.86. The molecular weight excluding hydrogens is 450 g/mol. The van der Waals surface area contributed by atoms with Crippen molar-refractivity contribution >= 4 is 37.8 Å². The first kappa shape index (κ1) is 18.7. The van der Waals surface area contributed by atoms with Crippen LogP contribution >= 0.6 is 31.9 Å². The van der Waals surface area contributed by atoms with Crippen LogP contribution in [0.4, 0.5) is 0 Å². The summed E-state index contributed by atoms with van der Waals surface area (Å²) >= 11 is 7.01. The highest BCUT2D eigenvalue weighted by atomic mass is 79.9. The summed E-state index contributed by atoms with van der Waals surface area (Å²) in [4.78, 5) is 12.7. The highest BCUT2D eigenvalue weighted by Gasteiger charge is 2.35. The molecule has 3 rings (SSSR count). The number of amides is 1. The fraction of sp³-hybridized carbons (Fsp3) is 0.421. The number of hydrogen-bond donors (Lipinski definition) is 1. The predicted molar refractivity (Wildman–Crippen MR) is 104 cm³/mol. The van der Waals surface area contributed by atoms with Crippen molar-refractivity contribution in [3.63, 3.8) is 0 Å². The van der Waals surface area contributed by atoms with Crippen molar-refractivity contribution < 1.29 is 13.9 Å². The Kier molecular flexibility index (Phi) is 5.71. The lowest BCUT2D eigenvalue weighted by Crippen LogP contribution is -2.44. The second-order valence-electron chi connectivity index (χ2n) is 6.49. The number of benzene rings is 1. The van der Waals surface area contributed by atoms with E-state index in [0.717, 1.165) is 27.5 Å². The molecule has 0 unspecified atom stereocenters. The lowest BCUT2D eigenvalue weighted by atomic mass is 9.74. The molecule has 0 aliphatic carbocycles. The summed E-state index contributed by atoms with van der Waals surface area (Å²) in [5.41, 5.74) is 1.69. The zero-order valence-corrected chi connectivity index (χ0v) is 17.5. The van der Waals surface area contributed by atoms with Crippen molar-refractivity contribution in [1.29, 1.82) is 0 Å². The molecule has 0 saturated carbocycles. The molecule has 1 fully saturated rings. The second-order valence-corrected chi connectivity index (χ2v) is 8.20. The molecule has 1 aromatic heterocycles. The van der Waals surface area contributed by atoms with Gasteiger partial charge in [-0.05, 0) is 60.3 Å². The summed E-state index contributed by atoms with van der Waals surface area (Å²) < 4.78 is 12.9. The van der Waals surface area contributed by atoms with Crippen molar-refractivity contribution in [3.8, 4) is 0 Å². The maximum Gasteiger partial charge on any atom is 0.256 e. The van der Waals surface area contributed by atoms with Gasteiger partial charge in [0.25, 0.3) is 5.91 Å². The summed E-state index contributed by atoms with van der Waals surface area (Å²) in [6.07, 6.45) is 1.77. The third-order valence-corrected chi connectivity index (χ3v) is 6.34. The predicted octanol–water partition coefficient (Wildman–Crippen LogP) is 4.90. The highest BCUT2D eigenvalue weighted by Crippen LogP contribution is 2.36. The topological polar surface area (TPSA) is 51.5 Å². The summed E-state index contributed by atoms with van der Waals surface area (Å²) in [6.45, 7) is 5.63. The van der Waals surface area contributed by atoms with Crippen LogP contribution in [0.1, 0.15) is 40.3 Å². The van der Waals surface area contributed by atoms with Crippen molar-refractivity contribution in [2.45, 2.75) is 32.1 Å². The number of halogens is 2. The summed E-state index contributed by atoms with van der Waals surface area (Å²) in [5, 5.41) is 3.12. The third kappa shape index (κ3) is 3.86. The van der Waals surface area contributed by atoms with E-state index in [1.165, 1.54) is 5.56 Å². The Hall–Kier alpha value is -1.11. The van der Waals surface area contributed by atoms with Crippen LogP contribution in [-0.2, 0) is 10.2 Å². The van der Waals surface area contributed by atoms with Crippen LogP contribution in [0, 0.1) is 13.8 Å². The van der Waals surface area contributed by atoms with Gasteiger partial charge in [-0.25, -0.2) is 0 Å². The van der Waals surface area contributed by atoms with Gasteiger partial charge in [-0.15, -0.1) is 0 Å². The van der Waals surface area contributed by atoms with Gasteiger partial charge >= 0.3 is 0 Å². The Labute approximate surface area is 164 Å². The number of carbonyl (C=O) groups excluding carboxylic acids is 1. The van der Waals surface area contributed by atoms with Crippen LogP contribution in [0.3, 0.4) is 0 Å². The molecule has 0 atom stereocenters. The molecule has 1 aliphatic rings. The van der Waals surface area contributed by atoms with E-state index in [1.807, 2.05) is 26.0 Å². The molecule has 0 spiro atoms. The fourth-order valence-corrected chi connectivity index (χ4v) is 4.34. The Morgan fingerprint density at radius 2 is 1.92 bits per heavy atom. The quantitative estimate of drug-likeness (QED) is 0.691. The van der Waals surface area contributed by atoms with Gasteiger partial charge < -0.3 is 14.5 Å². The number of furan rings is 1. The fourth-order valence-electron chi connectivity index (χ4n) is 3.40. The van der Waals surface area contributed by atoms with Crippen LogP contribution in [-0.4, -0.2) is 25.7 Å². The van der Waals surface area contributed by atoms with Crippen LogP contribution in [0.2, 0.25) is 0 Å². The van der Waals surface area contributed by atoms with E-state index in [4.69, 9.17) is 9.15 Å². The van der Waals surface area contributed by atoms with Crippen LogP contribution < -0.4 is 5.32 Å². The van der Waals surface area contributed by atoms with Crippen molar-refractivity contribution in [2.24, 2.45) is 0 Å². The van der Waals surface area contributed by atoms with Gasteiger partial charge in [0.05, 0.1) is 10.0 Å². The van der Waals surface area contributed by atoms with Gasteiger partial charge in [0.1, 0.15) is 11.5 Å². The maximum atomic E-state index is 12.7. The standard InChI is InChI=1S/C19H21Br2NO3/c1-12-16(17(21)13(2)25-12)18(23)22-11-19(6-8-24-9-7-19)14-4-3-5-15(20)10-14/h3-5,10H,6-9,11H2,1-2H3,(H,22,23). The van der Waals surface area contributed by atoms with Gasteiger partial charge in [-0.3, -0.25) is 4.79 Å². The third-order valence-electron chi connectivity index (χ3n) is 4.89. The summed E-state index contributed by atoms with van der Waals surface area (Å²) in [5.74, 6) is 1.24. The van der Waals surface area contributed by atoms with Crippen molar-refractivity contribution in [1.82, 2.24) is 5.32 Å². The molecule has 25 heavy (non-hydrogen) atoms. The van der Waals surface area contributed by atoms with Crippen molar-refractivity contribution in [2.75, 3.05) is 19.8 Å². The summed E-state index contributed by atoms with van der Waals surface area (Å²) in [7, 11) is 0. The zero-order valence-electron chi connectivity index (χ0n) is 14.3. The average molecular weight is 471 g/mol. The molecular formula is C19H21Br2NO3. The number of aryl methyl sites for hydroxylation is 2. The minimum atomic E-state index is -0.114. The Balaban J connectivity index is 1.83. The lowest BCUT2D eigenvalue weighted by molar-refractivity contribution is 0.0487. The number of carbonyl (C=O) groups is 1. The SMILES string of the molecule is Cc1oc(C)c(C(=O)NCC2(c3cccc(Br)c3)CCOCC2)c1Br. The van der Waals surface area contributed by atoms with Gasteiger partial charge in [0, 0.05) is 29.6 Å². The Morgan fingerprint density at radius 3 is 2.52 bits per heavy atom. The molecule has 1 saturated heterocycles. The van der Waals surface area contributed by atoms with Crippen LogP contribution in [0.25, 0.3) is 0 Å². The molecule has 1 N–H and O–H groups in total. The second kappa shape index (κ2) is 7.64. The maximum absolute atomic E-state index is 12.7. The van der Waals surface area contributed by atoms with Crippen LogP contribution in [0.15, 0.2) is 37.6 Å². The lowest BCUT2D eigenvalue weighted by Gasteiger charge is -2.38. The molecule has 0 radical (unpaired) electrons. The number of nitrogens with one attached hydrogen (secondary N) is 1. The van der Waals surface area contributed by atoms with E-state index in [2.05, 4.69) is 49.3 Å². The van der Waals surface area contributed by atoms with Gasteiger partial charge in [-0.2, -0.15) is 0 Å². The first-order valence-electron chi connectivity index (χ1n) is 8.30. The highest BCUT2D eigenvalue weighted by molar-refractivity contribution is 9.10. The molecule has 134 valence electrons. The molecule has 1 aromatic carbocycles. The largest absolute Gasteiger partial charge is 0.465 e. The zero-order chi connectivity index (χ0) is 18.0. The van der Waals surface area contributed by atoms with Gasteiger partial charge in [-0.1, -0.05) is 28.1 Å². The van der Waals surface area contributed by atoms with E-state index >= 15 is 0 Å². The minimum Gasteiger partial charge on any atom is -0.465 e. The molecule has 1 aliphatic heterocycles. The first-order chi connectivity index (χ1) is 11.9. The number of hydrogen-bond acceptors (Lipinski definition) is 3. The van der Waals surface area contributed by atoms with E-state index in [9.17, 15) is 4.79 Å². The molecule has 1 amide bonds. The minimum absolute atomic E-state index is 0.109. The van der Waals surface area contributed by atoms with E-state index in [0.29, 0.717) is 31.1 Å². The molecule has 4 nitrogen and oxygen atoms in total. The van der Waals surface area contributed by atoms with E-state index in [1.54, 1.807) is 0 Å².